The van der Waals surface area contributed by atoms with Gasteiger partial charge >= 0.3 is 39.5 Å². The Morgan fingerprint density at radius 2 is 0.567 bits per heavy atom. The van der Waals surface area contributed by atoms with Crippen LogP contribution in [0.2, 0.25) is 0 Å². The van der Waals surface area contributed by atoms with Gasteiger partial charge in [-0.3, -0.25) is 37.3 Å². The van der Waals surface area contributed by atoms with E-state index < -0.39 is 97.5 Å². The highest BCUT2D eigenvalue weighted by Crippen LogP contribution is 2.45. The summed E-state index contributed by atoms with van der Waals surface area (Å²) in [6.07, 6.45) is 46.0. The normalized spacial score (nSPS) is 14.5. The number of phosphoric ester groups is 2. The Hall–Kier alpha value is -1.94. The molecule has 0 saturated heterocycles. The van der Waals surface area contributed by atoms with Gasteiger partial charge in [-0.1, -0.05) is 305 Å². The molecule has 0 aliphatic carbocycles. The number of phosphoric acid groups is 2. The lowest BCUT2D eigenvalue weighted by Crippen LogP contribution is -2.30. The first-order valence-corrected chi connectivity index (χ1v) is 39.9. The fourth-order valence-electron chi connectivity index (χ4n) is 10.7. The lowest BCUT2D eigenvalue weighted by Gasteiger charge is -2.21. The van der Waals surface area contributed by atoms with Gasteiger partial charge < -0.3 is 33.8 Å². The number of rotatable bonds is 69. The third-order valence-electron chi connectivity index (χ3n) is 16.7. The zero-order valence-electron chi connectivity index (χ0n) is 58.6. The highest BCUT2D eigenvalue weighted by Gasteiger charge is 2.30. The van der Waals surface area contributed by atoms with Crippen LogP contribution in [0.5, 0.6) is 0 Å². The van der Waals surface area contributed by atoms with Crippen molar-refractivity contribution in [2.24, 2.45) is 17.8 Å². The molecule has 0 fully saturated rings. The fourth-order valence-corrected chi connectivity index (χ4v) is 12.3. The molecule has 0 heterocycles. The maximum Gasteiger partial charge on any atom is 0.472 e. The molecule has 0 spiro atoms. The maximum atomic E-state index is 13.0. The van der Waals surface area contributed by atoms with Gasteiger partial charge in [-0.05, 0) is 43.4 Å². The van der Waals surface area contributed by atoms with Crippen molar-refractivity contribution in [3.63, 3.8) is 0 Å². The Kier molecular flexibility index (Phi) is 60.6. The third kappa shape index (κ3) is 63.5. The lowest BCUT2D eigenvalue weighted by atomic mass is 10.00. The molecule has 6 atom stereocenters. The summed E-state index contributed by atoms with van der Waals surface area (Å²) in [7, 11) is -9.90. The van der Waals surface area contributed by atoms with Crippen molar-refractivity contribution in [2.45, 2.75) is 375 Å². The van der Waals surface area contributed by atoms with E-state index in [-0.39, 0.29) is 25.7 Å². The van der Waals surface area contributed by atoms with E-state index in [2.05, 4.69) is 48.5 Å². The van der Waals surface area contributed by atoms with Gasteiger partial charge in [0.05, 0.1) is 26.4 Å². The second-order valence-corrected chi connectivity index (χ2v) is 29.7. The largest absolute Gasteiger partial charge is 0.472 e. The number of ether oxygens (including phenoxy) is 4. The van der Waals surface area contributed by atoms with Gasteiger partial charge in [-0.15, -0.1) is 0 Å². The third-order valence-corrected chi connectivity index (χ3v) is 18.6. The van der Waals surface area contributed by atoms with Crippen LogP contribution in [-0.4, -0.2) is 96.7 Å². The van der Waals surface area contributed by atoms with Gasteiger partial charge in [-0.2, -0.15) is 0 Å². The molecule has 0 rings (SSSR count). The zero-order chi connectivity index (χ0) is 66.6. The van der Waals surface area contributed by atoms with Crippen LogP contribution in [0.1, 0.15) is 357 Å². The Morgan fingerprint density at radius 3 is 0.844 bits per heavy atom. The predicted molar refractivity (Wildman–Crippen MR) is 363 cm³/mol. The summed E-state index contributed by atoms with van der Waals surface area (Å²) >= 11 is 0. The molecule has 19 heteroatoms. The van der Waals surface area contributed by atoms with Crippen molar-refractivity contribution in [1.82, 2.24) is 0 Å². The SMILES string of the molecule is CCCCCCCCCCCCCCCCCCCC(=O)O[C@H](COC(=O)CCCCCCCCCCCCC(C)C)COP(=O)(O)OC[C@@H](O)COP(=O)(O)OC[C@@H](COC(=O)CCCCCCCCC(C)CC)OC(=O)CCCCCCCCCC(C)C. The van der Waals surface area contributed by atoms with E-state index in [9.17, 15) is 43.2 Å². The molecule has 0 aliphatic rings. The summed E-state index contributed by atoms with van der Waals surface area (Å²) in [5, 5.41) is 10.6. The molecule has 3 unspecified atom stereocenters. The van der Waals surface area contributed by atoms with Crippen LogP contribution in [0.25, 0.3) is 0 Å². The molecule has 17 nitrogen and oxygen atoms in total. The highest BCUT2D eigenvalue weighted by molar-refractivity contribution is 7.47. The number of hydrogen-bond acceptors (Lipinski definition) is 15. The minimum absolute atomic E-state index is 0.102. The van der Waals surface area contributed by atoms with Gasteiger partial charge in [0.15, 0.2) is 12.2 Å². The lowest BCUT2D eigenvalue weighted by molar-refractivity contribution is -0.161. The molecule has 0 amide bonds. The Bertz CT molecular complexity index is 1770. The van der Waals surface area contributed by atoms with Crippen LogP contribution in [0.15, 0.2) is 0 Å². The average molecular weight is 1330 g/mol. The summed E-state index contributed by atoms with van der Waals surface area (Å²) in [6.45, 7) is 11.7. The molecule has 0 aliphatic heterocycles. The number of carbonyl (C=O) groups is 4. The molecule has 0 bridgehead atoms. The monoisotopic (exact) mass is 1320 g/mol. The molecule has 0 radical (unpaired) electrons. The molecular formula is C71H138O17P2. The van der Waals surface area contributed by atoms with E-state index in [1.807, 2.05) is 0 Å². The van der Waals surface area contributed by atoms with Crippen molar-refractivity contribution in [2.75, 3.05) is 39.6 Å². The fraction of sp³-hybridized carbons (Fsp3) is 0.944. The van der Waals surface area contributed by atoms with E-state index in [1.165, 1.54) is 161 Å². The van der Waals surface area contributed by atoms with Crippen molar-refractivity contribution >= 4 is 39.5 Å². The summed E-state index contributed by atoms with van der Waals surface area (Å²) in [5.41, 5.74) is 0. The van der Waals surface area contributed by atoms with Crippen molar-refractivity contribution < 1.29 is 80.2 Å². The average Bonchev–Trinajstić information content (AvgIpc) is 2.64. The first-order valence-electron chi connectivity index (χ1n) is 36.9. The molecule has 0 aromatic heterocycles. The van der Waals surface area contributed by atoms with Crippen LogP contribution in [-0.2, 0) is 65.4 Å². The van der Waals surface area contributed by atoms with Crippen molar-refractivity contribution in [1.29, 1.82) is 0 Å². The molecule has 3 N–H and O–H groups in total. The molecule has 90 heavy (non-hydrogen) atoms. The van der Waals surface area contributed by atoms with Gasteiger partial charge in [0.1, 0.15) is 19.3 Å². The molecule has 0 saturated carbocycles. The zero-order valence-corrected chi connectivity index (χ0v) is 60.4. The summed E-state index contributed by atoms with van der Waals surface area (Å²) in [6, 6.07) is 0. The number of carbonyl (C=O) groups excluding carboxylic acids is 4. The summed E-state index contributed by atoms with van der Waals surface area (Å²) in [5.74, 6) is 0.0572. The van der Waals surface area contributed by atoms with E-state index in [0.29, 0.717) is 31.6 Å². The number of aliphatic hydroxyl groups is 1. The highest BCUT2D eigenvalue weighted by atomic mass is 31.2. The van der Waals surface area contributed by atoms with E-state index >= 15 is 0 Å². The smallest absolute Gasteiger partial charge is 0.462 e. The number of unbranched alkanes of at least 4 members (excludes halogenated alkanes) is 36. The van der Waals surface area contributed by atoms with E-state index in [1.54, 1.807) is 0 Å². The van der Waals surface area contributed by atoms with Gasteiger partial charge in [0.25, 0.3) is 0 Å². The molecule has 0 aromatic rings. The maximum absolute atomic E-state index is 13.0. The minimum Gasteiger partial charge on any atom is -0.462 e. The quantitative estimate of drug-likeness (QED) is 0.0222. The van der Waals surface area contributed by atoms with Crippen LogP contribution in [0.3, 0.4) is 0 Å². The second-order valence-electron chi connectivity index (χ2n) is 26.8. The Balaban J connectivity index is 5.24. The van der Waals surface area contributed by atoms with Crippen LogP contribution in [0, 0.1) is 17.8 Å². The van der Waals surface area contributed by atoms with Crippen LogP contribution in [0.4, 0.5) is 0 Å². The Labute approximate surface area is 549 Å². The summed E-state index contributed by atoms with van der Waals surface area (Å²) < 4.78 is 68.3. The standard InChI is InChI=1S/C71H138O17P2/c1-8-10-11-12-13-14-15-16-17-18-19-20-21-26-31-40-47-54-70(75)87-66(58-81-68(73)52-45-38-30-25-23-22-24-28-35-42-49-62(3)4)60-85-89(77,78)83-56-65(72)57-84-90(79,80)86-61-67(88-71(76)55-48-41-32-27-29-36-43-50-63(5)6)59-82-69(74)53-46-39-34-33-37-44-51-64(7)9-2/h62-67,72H,8-61H2,1-7H3,(H,77,78)(H,79,80)/t64?,65-,66-,67-/m1/s1. The predicted octanol–water partition coefficient (Wildman–Crippen LogP) is 20.2. The summed E-state index contributed by atoms with van der Waals surface area (Å²) in [4.78, 5) is 72.5. The van der Waals surface area contributed by atoms with Crippen molar-refractivity contribution in [3.05, 3.63) is 0 Å². The van der Waals surface area contributed by atoms with Crippen LogP contribution >= 0.6 is 15.6 Å². The first kappa shape index (κ1) is 88.1. The number of hydrogen-bond donors (Lipinski definition) is 3. The molecular weight excluding hydrogens is 1190 g/mol. The molecule has 534 valence electrons. The first-order chi connectivity index (χ1) is 43.3. The van der Waals surface area contributed by atoms with Gasteiger partial charge in [-0.25, -0.2) is 9.13 Å². The number of aliphatic hydroxyl groups excluding tert-OH is 1. The van der Waals surface area contributed by atoms with Crippen LogP contribution < -0.4 is 0 Å². The Morgan fingerprint density at radius 1 is 0.322 bits per heavy atom. The van der Waals surface area contributed by atoms with Crippen molar-refractivity contribution in [3.8, 4) is 0 Å². The topological polar surface area (TPSA) is 237 Å². The minimum atomic E-state index is -4.95. The molecule has 0 aromatic carbocycles. The van der Waals surface area contributed by atoms with Gasteiger partial charge in [0.2, 0.25) is 0 Å². The number of esters is 4. The van der Waals surface area contributed by atoms with E-state index in [0.717, 1.165) is 108 Å². The van der Waals surface area contributed by atoms with E-state index in [4.69, 9.17) is 37.0 Å². The van der Waals surface area contributed by atoms with Gasteiger partial charge in [0, 0.05) is 25.7 Å². The second kappa shape index (κ2) is 61.9.